The van der Waals surface area contributed by atoms with Gasteiger partial charge in [0.25, 0.3) is 0 Å². The molecule has 1 fully saturated rings. The Bertz CT molecular complexity index is 439. The first-order valence-electron chi connectivity index (χ1n) is 5.53. The van der Waals surface area contributed by atoms with Crippen LogP contribution in [0.3, 0.4) is 0 Å². The zero-order chi connectivity index (χ0) is 12.4. The Kier molecular flexibility index (Phi) is 3.86. The molecule has 1 aliphatic heterocycles. The first-order chi connectivity index (χ1) is 8.09. The van der Waals surface area contributed by atoms with Crippen molar-refractivity contribution in [2.24, 2.45) is 5.73 Å². The molecule has 2 rings (SSSR count). The molecule has 1 atom stereocenters. The van der Waals surface area contributed by atoms with Gasteiger partial charge in [0, 0.05) is 28.9 Å². The van der Waals surface area contributed by atoms with Crippen molar-refractivity contribution >= 4 is 34.5 Å². The standard InChI is InChI=1S/C12H15ClN2OS/c1-8-7-16-5-4-15(8)11-6-9(13)2-3-10(11)12(14)17/h2-3,6,8H,4-5,7H2,1H3,(H2,14,17). The van der Waals surface area contributed by atoms with Crippen molar-refractivity contribution in [1.82, 2.24) is 0 Å². The highest BCUT2D eigenvalue weighted by molar-refractivity contribution is 7.80. The van der Waals surface area contributed by atoms with Crippen LogP contribution in [0.15, 0.2) is 18.2 Å². The SMILES string of the molecule is CC1COCCN1c1cc(Cl)ccc1C(N)=S. The monoisotopic (exact) mass is 270 g/mol. The maximum Gasteiger partial charge on any atom is 0.106 e. The second kappa shape index (κ2) is 5.21. The van der Waals surface area contributed by atoms with Gasteiger partial charge in [-0.05, 0) is 25.1 Å². The second-order valence-electron chi connectivity index (χ2n) is 4.14. The van der Waals surface area contributed by atoms with Crippen LogP contribution in [0.5, 0.6) is 0 Å². The van der Waals surface area contributed by atoms with Gasteiger partial charge in [-0.1, -0.05) is 23.8 Å². The van der Waals surface area contributed by atoms with Gasteiger partial charge in [0.15, 0.2) is 0 Å². The van der Waals surface area contributed by atoms with Gasteiger partial charge in [0.1, 0.15) is 4.99 Å². The van der Waals surface area contributed by atoms with Crippen molar-refractivity contribution in [2.45, 2.75) is 13.0 Å². The molecule has 3 nitrogen and oxygen atoms in total. The zero-order valence-electron chi connectivity index (χ0n) is 9.65. The largest absolute Gasteiger partial charge is 0.389 e. The summed E-state index contributed by atoms with van der Waals surface area (Å²) in [5.74, 6) is 0. The summed E-state index contributed by atoms with van der Waals surface area (Å²) in [5, 5.41) is 0.693. The van der Waals surface area contributed by atoms with E-state index in [0.717, 1.165) is 17.8 Å². The molecule has 5 heteroatoms. The molecule has 0 radical (unpaired) electrons. The summed E-state index contributed by atoms with van der Waals surface area (Å²) in [6.07, 6.45) is 0. The third-order valence-electron chi connectivity index (χ3n) is 2.90. The van der Waals surface area contributed by atoms with E-state index < -0.39 is 0 Å². The molecular formula is C12H15ClN2OS. The molecule has 1 saturated heterocycles. The summed E-state index contributed by atoms with van der Waals surface area (Å²) in [6, 6.07) is 5.90. The normalized spacial score (nSPS) is 20.4. The Hall–Kier alpha value is -0.840. The number of rotatable bonds is 2. The Morgan fingerprint density at radius 2 is 2.35 bits per heavy atom. The Morgan fingerprint density at radius 3 is 3.00 bits per heavy atom. The topological polar surface area (TPSA) is 38.5 Å². The summed E-state index contributed by atoms with van der Waals surface area (Å²) in [4.78, 5) is 2.64. The lowest BCUT2D eigenvalue weighted by Gasteiger charge is -2.36. The van der Waals surface area contributed by atoms with E-state index in [-0.39, 0.29) is 0 Å². The lowest BCUT2D eigenvalue weighted by molar-refractivity contribution is 0.0989. The minimum atomic E-state index is 0.301. The van der Waals surface area contributed by atoms with Gasteiger partial charge in [-0.15, -0.1) is 0 Å². The van der Waals surface area contributed by atoms with Crippen LogP contribution >= 0.6 is 23.8 Å². The van der Waals surface area contributed by atoms with Crippen LogP contribution in [-0.4, -0.2) is 30.8 Å². The van der Waals surface area contributed by atoms with Crippen LogP contribution in [0.2, 0.25) is 5.02 Å². The smallest absolute Gasteiger partial charge is 0.106 e. The van der Waals surface area contributed by atoms with Crippen LogP contribution in [-0.2, 0) is 4.74 Å². The molecule has 0 aromatic heterocycles. The van der Waals surface area contributed by atoms with Crippen LogP contribution in [0, 0.1) is 0 Å². The number of hydrogen-bond donors (Lipinski definition) is 1. The average molecular weight is 271 g/mol. The molecule has 1 aromatic carbocycles. The molecule has 1 heterocycles. The van der Waals surface area contributed by atoms with Crippen molar-refractivity contribution in [3.05, 3.63) is 28.8 Å². The summed E-state index contributed by atoms with van der Waals surface area (Å²) in [5.41, 5.74) is 7.62. The summed E-state index contributed by atoms with van der Waals surface area (Å²) >= 11 is 11.1. The highest BCUT2D eigenvalue weighted by Crippen LogP contribution is 2.27. The van der Waals surface area contributed by atoms with Gasteiger partial charge in [-0.25, -0.2) is 0 Å². The first kappa shape index (κ1) is 12.6. The van der Waals surface area contributed by atoms with Crippen molar-refractivity contribution in [3.8, 4) is 0 Å². The maximum atomic E-state index is 6.05. The molecule has 0 aliphatic carbocycles. The Morgan fingerprint density at radius 1 is 1.59 bits per heavy atom. The van der Waals surface area contributed by atoms with Gasteiger partial charge < -0.3 is 15.4 Å². The van der Waals surface area contributed by atoms with Gasteiger partial charge in [-0.3, -0.25) is 0 Å². The maximum absolute atomic E-state index is 6.05. The Labute approximate surface area is 111 Å². The number of benzene rings is 1. The van der Waals surface area contributed by atoms with Gasteiger partial charge in [-0.2, -0.15) is 0 Å². The van der Waals surface area contributed by atoms with Gasteiger partial charge in [0.05, 0.1) is 13.2 Å². The fourth-order valence-corrected chi connectivity index (χ4v) is 2.37. The molecule has 1 aromatic rings. The number of anilines is 1. The number of hydrogen-bond acceptors (Lipinski definition) is 3. The van der Waals surface area contributed by atoms with Crippen LogP contribution < -0.4 is 10.6 Å². The average Bonchev–Trinajstić information content (AvgIpc) is 2.29. The van der Waals surface area contributed by atoms with Crippen LogP contribution in [0.1, 0.15) is 12.5 Å². The molecule has 1 unspecified atom stereocenters. The minimum absolute atomic E-state index is 0.301. The quantitative estimate of drug-likeness (QED) is 0.837. The number of thiocarbonyl (C=S) groups is 1. The predicted octanol–water partition coefficient (Wildman–Crippen LogP) is 2.20. The lowest BCUT2D eigenvalue weighted by Crippen LogP contribution is -2.44. The van der Waals surface area contributed by atoms with E-state index in [9.17, 15) is 0 Å². The highest BCUT2D eigenvalue weighted by Gasteiger charge is 2.22. The molecular weight excluding hydrogens is 256 g/mol. The number of nitrogens with zero attached hydrogens (tertiary/aromatic N) is 1. The Balaban J connectivity index is 2.41. The number of halogens is 1. The van der Waals surface area contributed by atoms with E-state index in [1.54, 1.807) is 0 Å². The van der Waals surface area contributed by atoms with E-state index in [2.05, 4.69) is 11.8 Å². The van der Waals surface area contributed by atoms with Crippen molar-refractivity contribution in [3.63, 3.8) is 0 Å². The molecule has 2 N–H and O–H groups in total. The third kappa shape index (κ3) is 2.70. The van der Waals surface area contributed by atoms with Crippen LogP contribution in [0.4, 0.5) is 5.69 Å². The van der Waals surface area contributed by atoms with Gasteiger partial charge >= 0.3 is 0 Å². The third-order valence-corrected chi connectivity index (χ3v) is 3.36. The summed E-state index contributed by atoms with van der Waals surface area (Å²) < 4.78 is 5.43. The fraction of sp³-hybridized carbons (Fsp3) is 0.417. The molecule has 0 bridgehead atoms. The molecule has 1 aliphatic rings. The summed E-state index contributed by atoms with van der Waals surface area (Å²) in [6.45, 7) is 4.37. The van der Waals surface area contributed by atoms with Crippen molar-refractivity contribution in [1.29, 1.82) is 0 Å². The van der Waals surface area contributed by atoms with Gasteiger partial charge in [0.2, 0.25) is 0 Å². The van der Waals surface area contributed by atoms with E-state index in [4.69, 9.17) is 34.3 Å². The van der Waals surface area contributed by atoms with Crippen LogP contribution in [0.25, 0.3) is 0 Å². The zero-order valence-corrected chi connectivity index (χ0v) is 11.2. The number of ether oxygens (including phenoxy) is 1. The number of morpholine rings is 1. The lowest BCUT2D eigenvalue weighted by atomic mass is 10.1. The van der Waals surface area contributed by atoms with E-state index in [0.29, 0.717) is 29.3 Å². The van der Waals surface area contributed by atoms with E-state index >= 15 is 0 Å². The molecule has 0 spiro atoms. The highest BCUT2D eigenvalue weighted by atomic mass is 35.5. The number of nitrogens with two attached hydrogens (primary N) is 1. The summed E-state index contributed by atoms with van der Waals surface area (Å²) in [7, 11) is 0. The first-order valence-corrected chi connectivity index (χ1v) is 6.32. The second-order valence-corrected chi connectivity index (χ2v) is 5.02. The molecule has 0 amide bonds. The van der Waals surface area contributed by atoms with E-state index in [1.807, 2.05) is 18.2 Å². The fourth-order valence-electron chi connectivity index (χ4n) is 2.04. The minimum Gasteiger partial charge on any atom is -0.389 e. The molecule has 17 heavy (non-hydrogen) atoms. The molecule has 0 saturated carbocycles. The predicted molar refractivity (Wildman–Crippen MR) is 75.0 cm³/mol. The van der Waals surface area contributed by atoms with E-state index in [1.165, 1.54) is 0 Å². The molecule has 92 valence electrons. The van der Waals surface area contributed by atoms with Crippen molar-refractivity contribution < 1.29 is 4.74 Å². The van der Waals surface area contributed by atoms with Crippen molar-refractivity contribution in [2.75, 3.05) is 24.7 Å².